The Labute approximate surface area is 188 Å². The van der Waals surface area contributed by atoms with Crippen molar-refractivity contribution in [3.8, 4) is 11.3 Å². The summed E-state index contributed by atoms with van der Waals surface area (Å²) in [7, 11) is 0. The van der Waals surface area contributed by atoms with Gasteiger partial charge in [0, 0.05) is 55.7 Å². The SMILES string of the molecule is O=C1NCCc2[nH]c(-c3ccnc(C=Cc4cccc(CCN5CCOCC5)c4)c3)cc21. The fraction of sp³-hybridized carbons (Fsp3) is 0.308. The van der Waals surface area contributed by atoms with E-state index in [1.54, 1.807) is 0 Å². The lowest BCUT2D eigenvalue weighted by Crippen LogP contribution is -2.37. The second-order valence-electron chi connectivity index (χ2n) is 8.33. The third-order valence-corrected chi connectivity index (χ3v) is 6.11. The molecule has 6 nitrogen and oxygen atoms in total. The molecule has 2 aromatic heterocycles. The van der Waals surface area contributed by atoms with Gasteiger partial charge in [-0.3, -0.25) is 14.7 Å². The third kappa shape index (κ3) is 4.82. The van der Waals surface area contributed by atoms with Crippen molar-refractivity contribution in [3.63, 3.8) is 0 Å². The number of ether oxygens (including phenoxy) is 1. The number of benzene rings is 1. The van der Waals surface area contributed by atoms with Gasteiger partial charge in [-0.2, -0.15) is 0 Å². The second kappa shape index (κ2) is 9.51. The van der Waals surface area contributed by atoms with Crippen LogP contribution >= 0.6 is 0 Å². The van der Waals surface area contributed by atoms with Gasteiger partial charge in [0.1, 0.15) is 0 Å². The molecule has 5 rings (SSSR count). The molecule has 1 amide bonds. The zero-order valence-corrected chi connectivity index (χ0v) is 18.1. The maximum atomic E-state index is 12.1. The summed E-state index contributed by atoms with van der Waals surface area (Å²) in [5.41, 5.74) is 7.13. The molecule has 0 radical (unpaired) electrons. The third-order valence-electron chi connectivity index (χ3n) is 6.11. The molecule has 1 aromatic carbocycles. The van der Waals surface area contributed by atoms with Gasteiger partial charge in [0.25, 0.3) is 5.91 Å². The largest absolute Gasteiger partial charge is 0.379 e. The fourth-order valence-electron chi connectivity index (χ4n) is 4.30. The van der Waals surface area contributed by atoms with Gasteiger partial charge in [0.05, 0.1) is 24.5 Å². The average molecular weight is 429 g/mol. The summed E-state index contributed by atoms with van der Waals surface area (Å²) in [6.45, 7) is 5.48. The van der Waals surface area contributed by atoms with Gasteiger partial charge in [-0.15, -0.1) is 0 Å². The molecule has 2 N–H and O–H groups in total. The lowest BCUT2D eigenvalue weighted by Gasteiger charge is -2.26. The number of H-pyrrole nitrogens is 1. The number of aromatic amines is 1. The summed E-state index contributed by atoms with van der Waals surface area (Å²) < 4.78 is 5.43. The number of rotatable bonds is 6. The van der Waals surface area contributed by atoms with E-state index in [9.17, 15) is 4.79 Å². The Morgan fingerprint density at radius 3 is 2.88 bits per heavy atom. The van der Waals surface area contributed by atoms with Crippen LogP contribution in [0.1, 0.15) is 32.9 Å². The van der Waals surface area contributed by atoms with Crippen molar-refractivity contribution in [2.75, 3.05) is 39.4 Å². The maximum absolute atomic E-state index is 12.1. The number of pyridine rings is 1. The zero-order valence-electron chi connectivity index (χ0n) is 18.1. The van der Waals surface area contributed by atoms with Gasteiger partial charge in [-0.25, -0.2) is 0 Å². The highest BCUT2D eigenvalue weighted by Crippen LogP contribution is 2.24. The molecule has 2 aliphatic rings. The van der Waals surface area contributed by atoms with Crippen LogP contribution in [0.5, 0.6) is 0 Å². The number of carbonyl (C=O) groups excluding carboxylic acids is 1. The van der Waals surface area contributed by atoms with Crippen LogP contribution in [0.25, 0.3) is 23.4 Å². The number of fused-ring (bicyclic) bond motifs is 1. The standard InChI is InChI=1S/C26H28N4O2/c31-26-23-18-25(29-24(23)7-10-28-26)21-6-9-27-22(17-21)5-4-19-2-1-3-20(16-19)8-11-30-12-14-32-15-13-30/h1-6,9,16-18,29H,7-8,10-15H2,(H,28,31). The van der Waals surface area contributed by atoms with Crippen LogP contribution in [0.3, 0.4) is 0 Å². The van der Waals surface area contributed by atoms with Gasteiger partial charge in [-0.1, -0.05) is 30.3 Å². The van der Waals surface area contributed by atoms with Crippen LogP contribution in [0.2, 0.25) is 0 Å². The Bertz CT molecular complexity index is 1130. The minimum Gasteiger partial charge on any atom is -0.379 e. The molecule has 2 aliphatic heterocycles. The first kappa shape index (κ1) is 20.7. The maximum Gasteiger partial charge on any atom is 0.253 e. The lowest BCUT2D eigenvalue weighted by molar-refractivity contribution is 0.0384. The molecular formula is C26H28N4O2. The molecule has 32 heavy (non-hydrogen) atoms. The molecule has 0 aliphatic carbocycles. The molecule has 6 heteroatoms. The first-order chi connectivity index (χ1) is 15.7. The number of hydrogen-bond donors (Lipinski definition) is 2. The van der Waals surface area contributed by atoms with Crippen LogP contribution in [0.15, 0.2) is 48.7 Å². The van der Waals surface area contributed by atoms with Crippen LogP contribution in [-0.2, 0) is 17.6 Å². The van der Waals surface area contributed by atoms with Crippen molar-refractivity contribution in [3.05, 3.63) is 76.7 Å². The average Bonchev–Trinajstić information content (AvgIpc) is 3.29. The van der Waals surface area contributed by atoms with Gasteiger partial charge in [-0.05, 0) is 41.8 Å². The smallest absolute Gasteiger partial charge is 0.253 e. The van der Waals surface area contributed by atoms with Crippen molar-refractivity contribution in [2.24, 2.45) is 0 Å². The molecule has 0 saturated carbocycles. The van der Waals surface area contributed by atoms with E-state index < -0.39 is 0 Å². The Kier molecular flexibility index (Phi) is 6.14. The molecule has 0 bridgehead atoms. The Balaban J connectivity index is 1.27. The lowest BCUT2D eigenvalue weighted by atomic mass is 10.1. The van der Waals surface area contributed by atoms with Crippen molar-refractivity contribution < 1.29 is 9.53 Å². The molecular weight excluding hydrogens is 400 g/mol. The molecule has 164 valence electrons. The van der Waals surface area contributed by atoms with Crippen LogP contribution in [0.4, 0.5) is 0 Å². The summed E-state index contributed by atoms with van der Waals surface area (Å²) in [5, 5.41) is 2.89. The molecule has 3 aromatic rings. The van der Waals surface area contributed by atoms with Crippen molar-refractivity contribution in [1.29, 1.82) is 0 Å². The monoisotopic (exact) mass is 428 g/mol. The highest BCUT2D eigenvalue weighted by atomic mass is 16.5. The topological polar surface area (TPSA) is 70.2 Å². The molecule has 4 heterocycles. The number of carbonyl (C=O) groups is 1. The van der Waals surface area contributed by atoms with Crippen molar-refractivity contribution >= 4 is 18.1 Å². The number of nitrogens with zero attached hydrogens (tertiary/aromatic N) is 2. The van der Waals surface area contributed by atoms with Crippen molar-refractivity contribution in [1.82, 2.24) is 20.2 Å². The van der Waals surface area contributed by atoms with E-state index in [0.717, 1.165) is 73.9 Å². The van der Waals surface area contributed by atoms with E-state index >= 15 is 0 Å². The van der Waals surface area contributed by atoms with Gasteiger partial charge < -0.3 is 15.0 Å². The minimum atomic E-state index is -0.00331. The van der Waals surface area contributed by atoms with Crippen LogP contribution in [-0.4, -0.2) is 60.2 Å². The van der Waals surface area contributed by atoms with E-state index in [2.05, 4.69) is 50.5 Å². The number of aromatic nitrogens is 2. The second-order valence-corrected chi connectivity index (χ2v) is 8.33. The number of morpholine rings is 1. The fourth-order valence-corrected chi connectivity index (χ4v) is 4.30. The Morgan fingerprint density at radius 2 is 2.00 bits per heavy atom. The Morgan fingerprint density at radius 1 is 1.09 bits per heavy atom. The number of hydrogen-bond acceptors (Lipinski definition) is 4. The number of amides is 1. The van der Waals surface area contributed by atoms with Crippen LogP contribution < -0.4 is 5.32 Å². The molecule has 0 spiro atoms. The van der Waals surface area contributed by atoms with Crippen molar-refractivity contribution in [2.45, 2.75) is 12.8 Å². The summed E-state index contributed by atoms with van der Waals surface area (Å²) in [4.78, 5) is 22.4. The van der Waals surface area contributed by atoms with E-state index in [1.165, 1.54) is 11.1 Å². The number of nitrogens with one attached hydrogen (secondary N) is 2. The minimum absolute atomic E-state index is 0.00331. The normalized spacial score (nSPS) is 16.8. The summed E-state index contributed by atoms with van der Waals surface area (Å²) in [6, 6.07) is 14.6. The highest BCUT2D eigenvalue weighted by Gasteiger charge is 2.19. The first-order valence-corrected chi connectivity index (χ1v) is 11.3. The first-order valence-electron chi connectivity index (χ1n) is 11.3. The zero-order chi connectivity index (χ0) is 21.8. The van der Waals surface area contributed by atoms with E-state index in [0.29, 0.717) is 6.54 Å². The van der Waals surface area contributed by atoms with Gasteiger partial charge >= 0.3 is 0 Å². The predicted molar refractivity (Wildman–Crippen MR) is 126 cm³/mol. The van der Waals surface area contributed by atoms with Gasteiger partial charge in [0.15, 0.2) is 0 Å². The van der Waals surface area contributed by atoms with E-state index in [4.69, 9.17) is 4.74 Å². The van der Waals surface area contributed by atoms with Gasteiger partial charge in [0.2, 0.25) is 0 Å². The Hall–Kier alpha value is -3.22. The summed E-state index contributed by atoms with van der Waals surface area (Å²) >= 11 is 0. The highest BCUT2D eigenvalue weighted by molar-refractivity contribution is 5.97. The summed E-state index contributed by atoms with van der Waals surface area (Å²) in [6.07, 6.45) is 7.84. The van der Waals surface area contributed by atoms with E-state index in [1.807, 2.05) is 30.5 Å². The summed E-state index contributed by atoms with van der Waals surface area (Å²) in [5.74, 6) is -0.00331. The quantitative estimate of drug-likeness (QED) is 0.631. The molecule has 1 fully saturated rings. The molecule has 0 atom stereocenters. The molecule has 0 unspecified atom stereocenters. The van der Waals surface area contributed by atoms with E-state index in [-0.39, 0.29) is 5.91 Å². The van der Waals surface area contributed by atoms with Crippen LogP contribution in [0, 0.1) is 0 Å². The molecule has 1 saturated heterocycles. The predicted octanol–water partition coefficient (Wildman–Crippen LogP) is 3.41.